The molecule has 2 aliphatic rings. The highest BCUT2D eigenvalue weighted by Crippen LogP contribution is 2.26. The highest BCUT2D eigenvalue weighted by atomic mass is 16.5. The highest BCUT2D eigenvalue weighted by molar-refractivity contribution is 5.94. The predicted molar refractivity (Wildman–Crippen MR) is 97.7 cm³/mol. The molecule has 0 unspecified atom stereocenters. The summed E-state index contributed by atoms with van der Waals surface area (Å²) in [6, 6.07) is 0.193. The molecule has 0 aromatic carbocycles. The summed E-state index contributed by atoms with van der Waals surface area (Å²) in [5, 5.41) is 7.91. The number of nitrogens with zero attached hydrogens (tertiary/aromatic N) is 3. The minimum Gasteiger partial charge on any atom is -0.383 e. The topological polar surface area (TPSA) is 59.4 Å². The molecule has 0 bridgehead atoms. The fraction of sp³-hybridized carbons (Fsp3) is 0.789. The Balaban J connectivity index is 1.72. The van der Waals surface area contributed by atoms with E-state index in [0.717, 1.165) is 56.9 Å². The summed E-state index contributed by atoms with van der Waals surface area (Å²) in [6.45, 7) is 8.08. The molecular weight excluding hydrogens is 316 g/mol. The zero-order valence-corrected chi connectivity index (χ0v) is 16.0. The van der Waals surface area contributed by atoms with Gasteiger partial charge in [0, 0.05) is 45.4 Å². The number of rotatable bonds is 6. The van der Waals surface area contributed by atoms with Gasteiger partial charge in [0.2, 0.25) is 0 Å². The number of carbonyl (C=O) groups excluding carboxylic acids is 1. The van der Waals surface area contributed by atoms with Crippen molar-refractivity contribution in [1.82, 2.24) is 20.0 Å². The van der Waals surface area contributed by atoms with Crippen LogP contribution in [0.3, 0.4) is 0 Å². The number of aryl methyl sites for hydroxylation is 2. The Bertz CT molecular complexity index is 611. The molecule has 6 heteroatoms. The van der Waals surface area contributed by atoms with E-state index < -0.39 is 0 Å². The normalized spacial score (nSPS) is 23.9. The van der Waals surface area contributed by atoms with Gasteiger partial charge in [-0.3, -0.25) is 14.4 Å². The largest absolute Gasteiger partial charge is 0.383 e. The first-order chi connectivity index (χ1) is 12.0. The Morgan fingerprint density at radius 3 is 2.80 bits per heavy atom. The minimum absolute atomic E-state index is 0.0439. The maximum Gasteiger partial charge on any atom is 0.270 e. The van der Waals surface area contributed by atoms with Crippen molar-refractivity contribution >= 4 is 5.91 Å². The summed E-state index contributed by atoms with van der Waals surface area (Å²) in [6.07, 6.45) is 4.31. The average molecular weight is 348 g/mol. The molecule has 2 atom stereocenters. The molecule has 1 aliphatic carbocycles. The van der Waals surface area contributed by atoms with Gasteiger partial charge in [-0.2, -0.15) is 5.10 Å². The van der Waals surface area contributed by atoms with Crippen LogP contribution in [-0.2, 0) is 24.6 Å². The van der Waals surface area contributed by atoms with E-state index in [1.807, 2.05) is 7.05 Å². The summed E-state index contributed by atoms with van der Waals surface area (Å²) < 4.78 is 7.00. The van der Waals surface area contributed by atoms with Gasteiger partial charge in [0.15, 0.2) is 0 Å². The molecule has 1 amide bonds. The van der Waals surface area contributed by atoms with Crippen LogP contribution in [0.25, 0.3) is 0 Å². The smallest absolute Gasteiger partial charge is 0.270 e. The van der Waals surface area contributed by atoms with E-state index in [1.165, 1.54) is 12.0 Å². The van der Waals surface area contributed by atoms with Crippen LogP contribution in [0, 0.1) is 11.8 Å². The van der Waals surface area contributed by atoms with Crippen molar-refractivity contribution in [3.05, 3.63) is 17.0 Å². The number of nitrogens with one attached hydrogen (secondary N) is 1. The zero-order valence-electron chi connectivity index (χ0n) is 16.0. The molecule has 25 heavy (non-hydrogen) atoms. The maximum atomic E-state index is 13.0. The third-order valence-corrected chi connectivity index (χ3v) is 5.76. The molecule has 1 aromatic rings. The number of fused-ring (bicyclic) bond motifs is 1. The molecule has 6 nitrogen and oxygen atoms in total. The molecule has 0 spiro atoms. The predicted octanol–water partition coefficient (Wildman–Crippen LogP) is 1.63. The van der Waals surface area contributed by atoms with Crippen molar-refractivity contribution in [2.24, 2.45) is 18.9 Å². The van der Waals surface area contributed by atoms with Crippen LogP contribution in [-0.4, -0.2) is 60.0 Å². The van der Waals surface area contributed by atoms with E-state index in [9.17, 15) is 4.79 Å². The van der Waals surface area contributed by atoms with Crippen LogP contribution in [0.15, 0.2) is 0 Å². The van der Waals surface area contributed by atoms with Crippen LogP contribution in [0.1, 0.15) is 48.4 Å². The van der Waals surface area contributed by atoms with Crippen LogP contribution >= 0.6 is 0 Å². The monoisotopic (exact) mass is 348 g/mol. The van der Waals surface area contributed by atoms with Gasteiger partial charge in [-0.1, -0.05) is 13.8 Å². The Kier molecular flexibility index (Phi) is 5.79. The molecule has 0 radical (unpaired) electrons. The van der Waals surface area contributed by atoms with E-state index in [2.05, 4.69) is 29.2 Å². The van der Waals surface area contributed by atoms with Gasteiger partial charge in [0.25, 0.3) is 5.91 Å². The second-order valence-corrected chi connectivity index (χ2v) is 7.84. The summed E-state index contributed by atoms with van der Waals surface area (Å²) in [5.41, 5.74) is 3.06. The number of hydrogen-bond acceptors (Lipinski definition) is 4. The lowest BCUT2D eigenvalue weighted by atomic mass is 9.91. The third-order valence-electron chi connectivity index (χ3n) is 5.76. The van der Waals surface area contributed by atoms with Gasteiger partial charge in [-0.15, -0.1) is 0 Å². The van der Waals surface area contributed by atoms with Crippen LogP contribution < -0.4 is 5.32 Å². The molecule has 140 valence electrons. The fourth-order valence-corrected chi connectivity index (χ4v) is 4.35. The van der Waals surface area contributed by atoms with E-state index in [-0.39, 0.29) is 11.9 Å². The van der Waals surface area contributed by atoms with Crippen molar-refractivity contribution in [3.63, 3.8) is 0 Å². The first kappa shape index (κ1) is 18.4. The summed E-state index contributed by atoms with van der Waals surface area (Å²) in [4.78, 5) is 15.4. The zero-order chi connectivity index (χ0) is 18.0. The van der Waals surface area contributed by atoms with Gasteiger partial charge >= 0.3 is 0 Å². The van der Waals surface area contributed by atoms with Gasteiger partial charge < -0.3 is 10.1 Å². The molecule has 1 aliphatic heterocycles. The lowest BCUT2D eigenvalue weighted by molar-refractivity contribution is 0.0914. The summed E-state index contributed by atoms with van der Waals surface area (Å²) >= 11 is 0. The number of hydrogen-bond donors (Lipinski definition) is 1. The van der Waals surface area contributed by atoms with Crippen molar-refractivity contribution < 1.29 is 9.53 Å². The lowest BCUT2D eigenvalue weighted by Crippen LogP contribution is -2.43. The molecule has 1 aromatic heterocycles. The minimum atomic E-state index is 0.0439. The van der Waals surface area contributed by atoms with E-state index >= 15 is 0 Å². The molecule has 0 saturated carbocycles. The molecule has 1 saturated heterocycles. The Morgan fingerprint density at radius 2 is 2.08 bits per heavy atom. The number of likely N-dealkylation sites (tertiary alicyclic amines) is 1. The van der Waals surface area contributed by atoms with Crippen molar-refractivity contribution in [2.75, 3.05) is 33.4 Å². The molecular formula is C19H32N4O2. The van der Waals surface area contributed by atoms with Gasteiger partial charge in [0.05, 0.1) is 12.3 Å². The number of methoxy groups -OCH3 is 1. The fourth-order valence-electron chi connectivity index (χ4n) is 4.35. The quantitative estimate of drug-likeness (QED) is 0.849. The van der Waals surface area contributed by atoms with Gasteiger partial charge in [0.1, 0.15) is 5.69 Å². The van der Waals surface area contributed by atoms with Crippen LogP contribution in [0.2, 0.25) is 0 Å². The lowest BCUT2D eigenvalue weighted by Gasteiger charge is -2.23. The molecule has 1 N–H and O–H groups in total. The van der Waals surface area contributed by atoms with E-state index in [0.29, 0.717) is 11.8 Å². The Hall–Kier alpha value is -1.40. The second kappa shape index (κ2) is 7.87. The SMILES string of the molecule is COCCN1C[C@@H](NC(=O)c2c3c(nn2C)CCCC3)[C@H](C(C)C)C1. The highest BCUT2D eigenvalue weighted by Gasteiger charge is 2.36. The number of ether oxygens (including phenoxy) is 1. The number of amides is 1. The Morgan fingerprint density at radius 1 is 1.32 bits per heavy atom. The molecule has 2 heterocycles. The maximum absolute atomic E-state index is 13.0. The van der Waals surface area contributed by atoms with Crippen molar-refractivity contribution in [1.29, 1.82) is 0 Å². The van der Waals surface area contributed by atoms with Gasteiger partial charge in [-0.25, -0.2) is 0 Å². The van der Waals surface area contributed by atoms with Crippen LogP contribution in [0.4, 0.5) is 0 Å². The van der Waals surface area contributed by atoms with Crippen molar-refractivity contribution in [3.8, 4) is 0 Å². The van der Waals surface area contributed by atoms with Gasteiger partial charge in [-0.05, 0) is 37.5 Å². The Labute approximate surface area is 150 Å². The molecule has 3 rings (SSSR count). The standard InChI is InChI=1S/C19H32N4O2/c1-13(2)15-11-23(9-10-25-4)12-17(15)20-19(24)18-14-7-5-6-8-16(14)21-22(18)3/h13,15,17H,5-12H2,1-4H3,(H,20,24)/t15-,17+/m0/s1. The van der Waals surface area contributed by atoms with Crippen LogP contribution in [0.5, 0.6) is 0 Å². The van der Waals surface area contributed by atoms with Crippen molar-refractivity contribution in [2.45, 2.75) is 45.6 Å². The number of aromatic nitrogens is 2. The van der Waals surface area contributed by atoms with E-state index in [4.69, 9.17) is 4.74 Å². The van der Waals surface area contributed by atoms with E-state index in [1.54, 1.807) is 11.8 Å². The average Bonchev–Trinajstić information content (AvgIpc) is 3.12. The first-order valence-corrected chi connectivity index (χ1v) is 9.58. The molecule has 1 fully saturated rings. The summed E-state index contributed by atoms with van der Waals surface area (Å²) in [5.74, 6) is 1.06. The first-order valence-electron chi connectivity index (χ1n) is 9.58. The third kappa shape index (κ3) is 3.90. The number of carbonyl (C=O) groups is 1. The summed E-state index contributed by atoms with van der Waals surface area (Å²) in [7, 11) is 3.63. The second-order valence-electron chi connectivity index (χ2n) is 7.84.